The van der Waals surface area contributed by atoms with Crippen LogP contribution in [0, 0.1) is 5.92 Å². The van der Waals surface area contributed by atoms with Crippen LogP contribution in [-0.4, -0.2) is 10.9 Å². The van der Waals surface area contributed by atoms with Gasteiger partial charge < -0.3 is 0 Å². The molecule has 0 unspecified atom stereocenters. The first-order valence-electron chi connectivity index (χ1n) is 7.00. The van der Waals surface area contributed by atoms with Gasteiger partial charge in [0.25, 0.3) is 0 Å². The third-order valence-corrected chi connectivity index (χ3v) is 3.53. The maximum Gasteiger partial charge on any atom is 0.211 e. The van der Waals surface area contributed by atoms with Crippen molar-refractivity contribution in [3.05, 3.63) is 12.2 Å². The molecule has 0 aromatic carbocycles. The summed E-state index contributed by atoms with van der Waals surface area (Å²) in [7, 11) is 0. The highest BCUT2D eigenvalue weighted by Gasteiger charge is 1.99. The lowest BCUT2D eigenvalue weighted by atomic mass is 10.1. The Hall–Kier alpha value is -0.240. The Kier molecular flexibility index (Phi) is 12.1. The normalized spacial score (nSPS) is 11.5. The van der Waals surface area contributed by atoms with Crippen LogP contribution in [-0.2, 0) is 4.79 Å². The molecular formula is C15H28OS. The molecule has 0 saturated heterocycles. The summed E-state index contributed by atoms with van der Waals surface area (Å²) in [6.07, 6.45) is 12.5. The van der Waals surface area contributed by atoms with E-state index in [0.717, 1.165) is 18.6 Å². The summed E-state index contributed by atoms with van der Waals surface area (Å²) in [5, 5.41) is 0.221. The van der Waals surface area contributed by atoms with Crippen molar-refractivity contribution in [3.8, 4) is 0 Å². The fraction of sp³-hybridized carbons (Fsp3) is 0.800. The zero-order valence-electron chi connectivity index (χ0n) is 11.7. The number of allylic oxidation sites excluding steroid dienone is 1. The Morgan fingerprint density at radius 2 is 1.88 bits per heavy atom. The number of unbranched alkanes of at least 4 members (excludes halogenated alkanes) is 5. The van der Waals surface area contributed by atoms with Gasteiger partial charge in [-0.2, -0.15) is 0 Å². The topological polar surface area (TPSA) is 17.1 Å². The first kappa shape index (κ1) is 16.8. The number of thioether (sulfide) groups is 1. The van der Waals surface area contributed by atoms with Crippen molar-refractivity contribution in [3.63, 3.8) is 0 Å². The highest BCUT2D eigenvalue weighted by Crippen LogP contribution is 2.11. The van der Waals surface area contributed by atoms with Gasteiger partial charge in [0.2, 0.25) is 5.12 Å². The molecule has 0 aliphatic heterocycles. The van der Waals surface area contributed by atoms with Gasteiger partial charge in [-0.05, 0) is 31.3 Å². The Morgan fingerprint density at radius 3 is 2.53 bits per heavy atom. The molecule has 0 fully saturated rings. The van der Waals surface area contributed by atoms with Gasteiger partial charge in [0, 0.05) is 5.75 Å². The van der Waals surface area contributed by atoms with Crippen molar-refractivity contribution in [2.24, 2.45) is 5.92 Å². The number of carbonyl (C=O) groups is 1. The average molecular weight is 256 g/mol. The van der Waals surface area contributed by atoms with Gasteiger partial charge in [-0.15, -0.1) is 0 Å². The zero-order valence-corrected chi connectivity index (χ0v) is 12.5. The Morgan fingerprint density at radius 1 is 1.18 bits per heavy atom. The predicted molar refractivity (Wildman–Crippen MR) is 79.4 cm³/mol. The van der Waals surface area contributed by atoms with E-state index in [1.54, 1.807) is 6.08 Å². The molecule has 0 rings (SSSR count). The van der Waals surface area contributed by atoms with Crippen LogP contribution in [0.3, 0.4) is 0 Å². The lowest BCUT2D eigenvalue weighted by Gasteiger charge is -2.01. The molecule has 0 N–H and O–H groups in total. The highest BCUT2D eigenvalue weighted by atomic mass is 32.2. The Bertz CT molecular complexity index is 209. The Labute approximate surface area is 111 Å². The molecule has 0 radical (unpaired) electrons. The van der Waals surface area contributed by atoms with E-state index in [4.69, 9.17) is 0 Å². The molecular weight excluding hydrogens is 228 g/mol. The summed E-state index contributed by atoms with van der Waals surface area (Å²) in [4.78, 5) is 11.4. The first-order chi connectivity index (χ1) is 8.16. The molecule has 0 bridgehead atoms. The second kappa shape index (κ2) is 12.2. The Balaban J connectivity index is 3.34. The van der Waals surface area contributed by atoms with Crippen molar-refractivity contribution in [1.29, 1.82) is 0 Å². The van der Waals surface area contributed by atoms with E-state index in [2.05, 4.69) is 20.8 Å². The number of hydrogen-bond donors (Lipinski definition) is 0. The van der Waals surface area contributed by atoms with Crippen molar-refractivity contribution in [1.82, 2.24) is 0 Å². The van der Waals surface area contributed by atoms with Crippen LogP contribution < -0.4 is 0 Å². The van der Waals surface area contributed by atoms with E-state index in [0.29, 0.717) is 5.92 Å². The van der Waals surface area contributed by atoms with Crippen LogP contribution in [0.2, 0.25) is 0 Å². The van der Waals surface area contributed by atoms with E-state index >= 15 is 0 Å². The smallest absolute Gasteiger partial charge is 0.211 e. The standard InChI is InChI=1S/C15H28OS/c1-4-5-6-7-8-9-10-11-15(16)17-13-12-14(2)3/h10-11,14H,4-9,12-13H2,1-3H3/b11-10+. The molecule has 17 heavy (non-hydrogen) atoms. The molecule has 0 heterocycles. The van der Waals surface area contributed by atoms with Crippen molar-refractivity contribution in [2.45, 2.75) is 65.7 Å². The summed E-state index contributed by atoms with van der Waals surface area (Å²) >= 11 is 1.45. The van der Waals surface area contributed by atoms with Crippen LogP contribution in [0.4, 0.5) is 0 Å². The second-order valence-corrected chi connectivity index (χ2v) is 6.05. The van der Waals surface area contributed by atoms with E-state index in [1.807, 2.05) is 6.08 Å². The van der Waals surface area contributed by atoms with Crippen LogP contribution in [0.15, 0.2) is 12.2 Å². The molecule has 100 valence electrons. The molecule has 0 atom stereocenters. The SMILES string of the molecule is CCCCCCC/C=C/C(=O)SCCC(C)C. The monoisotopic (exact) mass is 256 g/mol. The summed E-state index contributed by atoms with van der Waals surface area (Å²) < 4.78 is 0. The molecule has 1 nitrogen and oxygen atoms in total. The van der Waals surface area contributed by atoms with Gasteiger partial charge in [0.15, 0.2) is 0 Å². The molecule has 0 spiro atoms. The molecule has 0 aromatic heterocycles. The molecule has 0 aromatic rings. The van der Waals surface area contributed by atoms with Gasteiger partial charge in [-0.3, -0.25) is 4.79 Å². The third-order valence-electron chi connectivity index (χ3n) is 2.67. The predicted octanol–water partition coefficient (Wildman–Crippen LogP) is 5.21. The van der Waals surface area contributed by atoms with E-state index in [-0.39, 0.29) is 5.12 Å². The van der Waals surface area contributed by atoms with Crippen LogP contribution in [0.5, 0.6) is 0 Å². The third kappa shape index (κ3) is 13.7. The fourth-order valence-electron chi connectivity index (χ4n) is 1.49. The molecule has 0 saturated carbocycles. The van der Waals surface area contributed by atoms with Crippen LogP contribution >= 0.6 is 11.8 Å². The van der Waals surface area contributed by atoms with Gasteiger partial charge in [0.1, 0.15) is 0 Å². The zero-order chi connectivity index (χ0) is 12.9. The minimum atomic E-state index is 0.221. The first-order valence-corrected chi connectivity index (χ1v) is 7.98. The molecule has 0 aliphatic rings. The molecule has 0 amide bonds. The minimum Gasteiger partial charge on any atom is -0.282 e. The summed E-state index contributed by atoms with van der Waals surface area (Å²) in [6, 6.07) is 0. The summed E-state index contributed by atoms with van der Waals surface area (Å²) in [5.74, 6) is 1.65. The van der Waals surface area contributed by atoms with Crippen molar-refractivity contribution >= 4 is 16.9 Å². The van der Waals surface area contributed by atoms with Gasteiger partial charge in [-0.25, -0.2) is 0 Å². The largest absolute Gasteiger partial charge is 0.282 e. The average Bonchev–Trinajstić information content (AvgIpc) is 2.27. The summed E-state index contributed by atoms with van der Waals surface area (Å²) in [5.41, 5.74) is 0. The lowest BCUT2D eigenvalue weighted by Crippen LogP contribution is -1.93. The maximum atomic E-state index is 11.4. The van der Waals surface area contributed by atoms with Crippen LogP contribution in [0.25, 0.3) is 0 Å². The van der Waals surface area contributed by atoms with Crippen LogP contribution in [0.1, 0.15) is 65.7 Å². The van der Waals surface area contributed by atoms with Gasteiger partial charge >= 0.3 is 0 Å². The van der Waals surface area contributed by atoms with Crippen molar-refractivity contribution < 1.29 is 4.79 Å². The highest BCUT2D eigenvalue weighted by molar-refractivity contribution is 8.14. The maximum absolute atomic E-state index is 11.4. The van der Waals surface area contributed by atoms with E-state index < -0.39 is 0 Å². The van der Waals surface area contributed by atoms with E-state index in [1.165, 1.54) is 43.9 Å². The number of hydrogen-bond acceptors (Lipinski definition) is 2. The van der Waals surface area contributed by atoms with E-state index in [9.17, 15) is 4.79 Å². The lowest BCUT2D eigenvalue weighted by molar-refractivity contribution is -0.107. The summed E-state index contributed by atoms with van der Waals surface area (Å²) in [6.45, 7) is 6.61. The number of carbonyl (C=O) groups excluding carboxylic acids is 1. The quantitative estimate of drug-likeness (QED) is 0.394. The minimum absolute atomic E-state index is 0.221. The molecule has 0 aliphatic carbocycles. The second-order valence-electron chi connectivity index (χ2n) is 4.96. The fourth-order valence-corrected chi connectivity index (χ4v) is 2.47. The van der Waals surface area contributed by atoms with Crippen molar-refractivity contribution in [2.75, 3.05) is 5.75 Å². The van der Waals surface area contributed by atoms with Gasteiger partial charge in [-0.1, -0.05) is 64.3 Å². The molecule has 2 heteroatoms. The van der Waals surface area contributed by atoms with Gasteiger partial charge in [0.05, 0.1) is 0 Å². The number of rotatable bonds is 10.